The Bertz CT molecular complexity index is 860. The molecule has 5 nitrogen and oxygen atoms in total. The van der Waals surface area contributed by atoms with Crippen molar-refractivity contribution in [2.24, 2.45) is 7.05 Å². The van der Waals surface area contributed by atoms with Crippen LogP contribution in [0.15, 0.2) is 42.6 Å². The molecule has 3 rings (SSSR count). The lowest BCUT2D eigenvalue weighted by molar-refractivity contribution is -0.115. The average Bonchev–Trinajstić information content (AvgIpc) is 2.87. The van der Waals surface area contributed by atoms with Crippen LogP contribution in [-0.2, 0) is 17.6 Å². The van der Waals surface area contributed by atoms with Gasteiger partial charge in [-0.15, -0.1) is 11.8 Å². The van der Waals surface area contributed by atoms with E-state index in [1.165, 1.54) is 5.56 Å². The first-order chi connectivity index (χ1) is 11.5. The summed E-state index contributed by atoms with van der Waals surface area (Å²) in [6, 6.07) is 12.1. The molecule has 0 saturated carbocycles. The minimum atomic E-state index is -0.143. The normalized spacial score (nSPS) is 12.3. The molecule has 1 atom stereocenters. The zero-order chi connectivity index (χ0) is 17.1. The number of carbonyl (C=O) groups is 1. The van der Waals surface area contributed by atoms with Crippen molar-refractivity contribution in [2.75, 3.05) is 5.32 Å². The lowest BCUT2D eigenvalue weighted by Crippen LogP contribution is -2.22. The molecule has 124 valence electrons. The van der Waals surface area contributed by atoms with Crippen molar-refractivity contribution in [3.8, 4) is 0 Å². The third-order valence-corrected chi connectivity index (χ3v) is 5.06. The molecule has 0 fully saturated rings. The lowest BCUT2D eigenvalue weighted by Gasteiger charge is -2.12. The minimum absolute atomic E-state index is 0.0152. The van der Waals surface area contributed by atoms with E-state index >= 15 is 0 Å². The molecule has 2 heterocycles. The Hall–Kier alpha value is -2.34. The van der Waals surface area contributed by atoms with E-state index in [9.17, 15) is 4.79 Å². The van der Waals surface area contributed by atoms with Gasteiger partial charge in [0, 0.05) is 18.2 Å². The number of aryl methyl sites for hydroxylation is 2. The van der Waals surface area contributed by atoms with E-state index in [4.69, 9.17) is 0 Å². The molecule has 24 heavy (non-hydrogen) atoms. The quantitative estimate of drug-likeness (QED) is 0.772. The third kappa shape index (κ3) is 3.59. The molecule has 6 heteroatoms. The summed E-state index contributed by atoms with van der Waals surface area (Å²) in [5, 5.41) is 8.11. The van der Waals surface area contributed by atoms with Crippen LogP contribution in [0.3, 0.4) is 0 Å². The topological polar surface area (TPSA) is 59.8 Å². The Balaban J connectivity index is 1.64. The van der Waals surface area contributed by atoms with Crippen molar-refractivity contribution >= 4 is 34.4 Å². The molecule has 0 radical (unpaired) electrons. The van der Waals surface area contributed by atoms with Crippen LogP contribution < -0.4 is 5.32 Å². The van der Waals surface area contributed by atoms with Gasteiger partial charge in [0.25, 0.3) is 0 Å². The number of thioether (sulfide) groups is 1. The molecule has 3 aromatic rings. The molecule has 0 aliphatic carbocycles. The number of fused-ring (bicyclic) bond motifs is 1. The van der Waals surface area contributed by atoms with Crippen molar-refractivity contribution in [3.63, 3.8) is 0 Å². The molecule has 0 aliphatic rings. The van der Waals surface area contributed by atoms with Crippen LogP contribution >= 0.6 is 11.8 Å². The highest BCUT2D eigenvalue weighted by Crippen LogP contribution is 2.22. The third-order valence-electron chi connectivity index (χ3n) is 3.84. The molecular weight excluding hydrogens is 320 g/mol. The van der Waals surface area contributed by atoms with Crippen LogP contribution in [0.2, 0.25) is 0 Å². The summed E-state index contributed by atoms with van der Waals surface area (Å²) in [7, 11) is 1.86. The van der Waals surface area contributed by atoms with Gasteiger partial charge in [-0.05, 0) is 25.5 Å². The van der Waals surface area contributed by atoms with Gasteiger partial charge in [-0.3, -0.25) is 9.48 Å². The van der Waals surface area contributed by atoms with Crippen LogP contribution in [0.25, 0.3) is 11.0 Å². The molecule has 1 N–H and O–H groups in total. The van der Waals surface area contributed by atoms with Crippen molar-refractivity contribution in [1.82, 2.24) is 14.8 Å². The van der Waals surface area contributed by atoms with Gasteiger partial charge in [0.1, 0.15) is 0 Å². The Morgan fingerprint density at radius 1 is 1.33 bits per heavy atom. The van der Waals surface area contributed by atoms with E-state index in [0.29, 0.717) is 5.69 Å². The maximum atomic E-state index is 12.4. The fourth-order valence-electron chi connectivity index (χ4n) is 2.49. The molecule has 1 amide bonds. The van der Waals surface area contributed by atoms with Crippen LogP contribution in [-0.4, -0.2) is 25.9 Å². The second-order valence-electron chi connectivity index (χ2n) is 5.73. The Labute approximate surface area is 145 Å². The van der Waals surface area contributed by atoms with E-state index in [1.807, 2.05) is 45.2 Å². The second kappa shape index (κ2) is 7.05. The smallest absolute Gasteiger partial charge is 0.237 e. The predicted octanol–water partition coefficient (Wildman–Crippen LogP) is 3.54. The molecular formula is C18H20N4OS. The number of pyridine rings is 1. The van der Waals surface area contributed by atoms with Crippen LogP contribution in [0.5, 0.6) is 0 Å². The summed E-state index contributed by atoms with van der Waals surface area (Å²) in [4.78, 5) is 16.8. The molecule has 0 bridgehead atoms. The van der Waals surface area contributed by atoms with Gasteiger partial charge in [-0.1, -0.05) is 30.3 Å². The molecule has 1 unspecified atom stereocenters. The summed E-state index contributed by atoms with van der Waals surface area (Å²) in [6.45, 7) is 3.86. The summed E-state index contributed by atoms with van der Waals surface area (Å²) in [5.74, 6) is 0.799. The van der Waals surface area contributed by atoms with Crippen molar-refractivity contribution in [2.45, 2.75) is 24.9 Å². The number of amides is 1. The fourth-order valence-corrected chi connectivity index (χ4v) is 3.34. The number of nitrogens with zero attached hydrogens (tertiary/aromatic N) is 3. The monoisotopic (exact) mass is 340 g/mol. The number of rotatable bonds is 5. The number of hydrogen-bond donors (Lipinski definition) is 1. The zero-order valence-electron chi connectivity index (χ0n) is 14.0. The molecule has 2 aromatic heterocycles. The van der Waals surface area contributed by atoms with Crippen molar-refractivity contribution < 1.29 is 4.79 Å². The van der Waals surface area contributed by atoms with Gasteiger partial charge < -0.3 is 5.32 Å². The summed E-state index contributed by atoms with van der Waals surface area (Å²) >= 11 is 1.62. The Kier molecular flexibility index (Phi) is 4.85. The number of hydrogen-bond acceptors (Lipinski definition) is 4. The fraction of sp³-hybridized carbons (Fsp3) is 0.278. The predicted molar refractivity (Wildman–Crippen MR) is 99.1 cm³/mol. The van der Waals surface area contributed by atoms with Gasteiger partial charge in [-0.2, -0.15) is 5.10 Å². The Morgan fingerprint density at radius 2 is 2.08 bits per heavy atom. The number of aromatic nitrogens is 3. The van der Waals surface area contributed by atoms with E-state index < -0.39 is 0 Å². The second-order valence-corrected chi connectivity index (χ2v) is 7.06. The van der Waals surface area contributed by atoms with Crippen LogP contribution in [0.1, 0.15) is 18.2 Å². The first-order valence-corrected chi connectivity index (χ1v) is 8.85. The molecule has 0 saturated heterocycles. The largest absolute Gasteiger partial charge is 0.324 e. The standard InChI is InChI=1S/C18H20N4OS/c1-12-16-9-15(10-19-17(16)22(3)21-12)20-18(23)13(2)24-11-14-7-5-4-6-8-14/h4-10,13H,11H2,1-3H3,(H,20,23). The maximum absolute atomic E-state index is 12.4. The zero-order valence-corrected chi connectivity index (χ0v) is 14.8. The van der Waals surface area contributed by atoms with Gasteiger partial charge in [-0.25, -0.2) is 4.98 Å². The summed E-state index contributed by atoms with van der Waals surface area (Å²) in [5.41, 5.74) is 3.64. The van der Waals surface area contributed by atoms with E-state index in [0.717, 1.165) is 22.5 Å². The highest BCUT2D eigenvalue weighted by molar-refractivity contribution is 7.99. The van der Waals surface area contributed by atoms with Gasteiger partial charge in [0.15, 0.2) is 5.65 Å². The number of benzene rings is 1. The number of anilines is 1. The van der Waals surface area contributed by atoms with Gasteiger partial charge in [0.05, 0.1) is 22.8 Å². The SMILES string of the molecule is Cc1nn(C)c2ncc(NC(=O)C(C)SCc3ccccc3)cc12. The maximum Gasteiger partial charge on any atom is 0.237 e. The number of nitrogens with one attached hydrogen (secondary N) is 1. The molecule has 0 aliphatic heterocycles. The lowest BCUT2D eigenvalue weighted by atomic mass is 10.2. The number of carbonyl (C=O) groups excluding carboxylic acids is 1. The van der Waals surface area contributed by atoms with Gasteiger partial charge in [0.2, 0.25) is 5.91 Å². The molecule has 0 spiro atoms. The van der Waals surface area contributed by atoms with E-state index in [1.54, 1.807) is 22.6 Å². The Morgan fingerprint density at radius 3 is 2.83 bits per heavy atom. The summed E-state index contributed by atoms with van der Waals surface area (Å²) in [6.07, 6.45) is 1.68. The van der Waals surface area contributed by atoms with Crippen molar-refractivity contribution in [1.29, 1.82) is 0 Å². The van der Waals surface area contributed by atoms with Crippen LogP contribution in [0.4, 0.5) is 5.69 Å². The molecule has 1 aromatic carbocycles. The first-order valence-electron chi connectivity index (χ1n) is 7.80. The summed E-state index contributed by atoms with van der Waals surface area (Å²) < 4.78 is 1.74. The van der Waals surface area contributed by atoms with E-state index in [-0.39, 0.29) is 11.2 Å². The highest BCUT2D eigenvalue weighted by Gasteiger charge is 2.15. The first kappa shape index (κ1) is 16.5. The van der Waals surface area contributed by atoms with Crippen LogP contribution in [0, 0.1) is 6.92 Å². The van der Waals surface area contributed by atoms with Crippen molar-refractivity contribution in [3.05, 3.63) is 53.9 Å². The minimum Gasteiger partial charge on any atom is -0.324 e. The van der Waals surface area contributed by atoms with Gasteiger partial charge >= 0.3 is 0 Å². The highest BCUT2D eigenvalue weighted by atomic mass is 32.2. The van der Waals surface area contributed by atoms with E-state index in [2.05, 4.69) is 27.5 Å². The average molecular weight is 340 g/mol.